The van der Waals surface area contributed by atoms with E-state index in [0.29, 0.717) is 0 Å². The molecule has 0 amide bonds. The molecule has 0 aromatic carbocycles. The van der Waals surface area contributed by atoms with Crippen molar-refractivity contribution < 1.29 is 8.42 Å². The summed E-state index contributed by atoms with van der Waals surface area (Å²) in [5.74, 6) is 0.240. The Kier molecular flexibility index (Phi) is 3.29. The van der Waals surface area contributed by atoms with Crippen molar-refractivity contribution in [3.63, 3.8) is 0 Å². The van der Waals surface area contributed by atoms with E-state index >= 15 is 0 Å². The van der Waals surface area contributed by atoms with E-state index in [2.05, 4.69) is 0 Å². The van der Waals surface area contributed by atoms with Gasteiger partial charge in [0.05, 0.1) is 4.75 Å². The minimum absolute atomic E-state index is 0.240. The van der Waals surface area contributed by atoms with Crippen molar-refractivity contribution >= 4 is 19.7 Å². The molecule has 2 nitrogen and oxygen atoms in total. The Morgan fingerprint density at radius 1 is 1.15 bits per heavy atom. The molecule has 1 aliphatic rings. The normalized spacial score (nSPS) is 21.8. The Hall–Kier alpha value is 0.240. The van der Waals surface area contributed by atoms with Crippen molar-refractivity contribution in [3.8, 4) is 0 Å². The standard InChI is InChI=1S/C9H17ClO2S/c1-9(2,13(10,11)12)8-6-4-3-5-7-8/h8H,3-7H2,1-2H3. The molecule has 0 aromatic heterocycles. The van der Waals surface area contributed by atoms with Gasteiger partial charge < -0.3 is 0 Å². The van der Waals surface area contributed by atoms with Gasteiger partial charge in [0.2, 0.25) is 9.05 Å². The monoisotopic (exact) mass is 224 g/mol. The first-order chi connectivity index (χ1) is 5.86. The fraction of sp³-hybridized carbons (Fsp3) is 1.00. The molecule has 0 radical (unpaired) electrons. The van der Waals surface area contributed by atoms with E-state index in [9.17, 15) is 8.42 Å². The largest absolute Gasteiger partial charge is 0.238 e. The summed E-state index contributed by atoms with van der Waals surface area (Å²) >= 11 is 0. The molecule has 0 aliphatic heterocycles. The lowest BCUT2D eigenvalue weighted by atomic mass is 9.81. The van der Waals surface area contributed by atoms with Crippen molar-refractivity contribution in [1.29, 1.82) is 0 Å². The quantitative estimate of drug-likeness (QED) is 0.676. The van der Waals surface area contributed by atoms with Crippen LogP contribution in [-0.2, 0) is 9.05 Å². The smallest absolute Gasteiger partial charge is 0.212 e. The maximum Gasteiger partial charge on any atom is 0.238 e. The molecule has 0 heterocycles. The molecule has 13 heavy (non-hydrogen) atoms. The van der Waals surface area contributed by atoms with E-state index in [4.69, 9.17) is 10.7 Å². The van der Waals surface area contributed by atoms with E-state index in [1.807, 2.05) is 0 Å². The summed E-state index contributed by atoms with van der Waals surface area (Å²) in [5.41, 5.74) is 0. The second-order valence-electron chi connectivity index (χ2n) is 4.38. The first-order valence-corrected chi connectivity index (χ1v) is 7.11. The zero-order valence-corrected chi connectivity index (χ0v) is 9.79. The second-order valence-corrected chi connectivity index (χ2v) is 7.52. The lowest BCUT2D eigenvalue weighted by Gasteiger charge is -2.34. The molecule has 0 atom stereocenters. The molecule has 1 saturated carbocycles. The molecule has 4 heteroatoms. The van der Waals surface area contributed by atoms with Crippen LogP contribution >= 0.6 is 10.7 Å². The maximum atomic E-state index is 11.3. The predicted octanol–water partition coefficient (Wildman–Crippen LogP) is 2.91. The lowest BCUT2D eigenvalue weighted by molar-refractivity contribution is 0.294. The van der Waals surface area contributed by atoms with E-state index in [-0.39, 0.29) is 5.92 Å². The summed E-state index contributed by atoms with van der Waals surface area (Å²) < 4.78 is 21.9. The van der Waals surface area contributed by atoms with Crippen LogP contribution in [0.5, 0.6) is 0 Å². The van der Waals surface area contributed by atoms with Crippen molar-refractivity contribution in [2.45, 2.75) is 50.7 Å². The van der Waals surface area contributed by atoms with E-state index in [1.54, 1.807) is 13.8 Å². The fourth-order valence-corrected chi connectivity index (χ4v) is 3.01. The van der Waals surface area contributed by atoms with Crippen LogP contribution in [0.4, 0.5) is 0 Å². The van der Waals surface area contributed by atoms with E-state index < -0.39 is 13.8 Å². The summed E-state index contributed by atoms with van der Waals surface area (Å²) in [5, 5.41) is 0. The summed E-state index contributed by atoms with van der Waals surface area (Å²) in [6.07, 6.45) is 5.51. The third kappa shape index (κ3) is 2.38. The topological polar surface area (TPSA) is 34.1 Å². The molecule has 0 spiro atoms. The minimum Gasteiger partial charge on any atom is -0.212 e. The number of hydrogen-bond donors (Lipinski definition) is 0. The number of rotatable bonds is 2. The molecule has 0 saturated heterocycles. The molecule has 1 aliphatic carbocycles. The van der Waals surface area contributed by atoms with Crippen LogP contribution in [0.3, 0.4) is 0 Å². The average Bonchev–Trinajstić information content (AvgIpc) is 2.04. The van der Waals surface area contributed by atoms with Crippen LogP contribution in [0.25, 0.3) is 0 Å². The van der Waals surface area contributed by atoms with Gasteiger partial charge in [0.15, 0.2) is 0 Å². The first-order valence-electron chi connectivity index (χ1n) is 4.80. The van der Waals surface area contributed by atoms with Crippen LogP contribution in [0.15, 0.2) is 0 Å². The van der Waals surface area contributed by atoms with Crippen LogP contribution < -0.4 is 0 Å². The Morgan fingerprint density at radius 2 is 1.62 bits per heavy atom. The summed E-state index contributed by atoms with van der Waals surface area (Å²) in [4.78, 5) is 0. The van der Waals surface area contributed by atoms with Crippen LogP contribution in [0.1, 0.15) is 46.0 Å². The van der Waals surface area contributed by atoms with Gasteiger partial charge in [0.1, 0.15) is 0 Å². The third-order valence-electron chi connectivity index (χ3n) is 3.22. The van der Waals surface area contributed by atoms with Gasteiger partial charge >= 0.3 is 0 Å². The molecule has 1 fully saturated rings. The second kappa shape index (κ2) is 3.77. The van der Waals surface area contributed by atoms with Gasteiger partial charge in [-0.1, -0.05) is 19.3 Å². The summed E-state index contributed by atoms with van der Waals surface area (Å²) in [6, 6.07) is 0. The van der Waals surface area contributed by atoms with Crippen molar-refractivity contribution in [2.75, 3.05) is 0 Å². The third-order valence-corrected chi connectivity index (χ3v) is 6.00. The van der Waals surface area contributed by atoms with Gasteiger partial charge in [-0.05, 0) is 32.6 Å². The highest BCUT2D eigenvalue weighted by Crippen LogP contribution is 2.38. The van der Waals surface area contributed by atoms with E-state index in [0.717, 1.165) is 25.7 Å². The van der Waals surface area contributed by atoms with E-state index in [1.165, 1.54) is 6.42 Å². The highest BCUT2D eigenvalue weighted by atomic mass is 35.7. The Balaban J connectivity index is 2.79. The predicted molar refractivity (Wildman–Crippen MR) is 55.4 cm³/mol. The van der Waals surface area contributed by atoms with Crippen LogP contribution in [-0.4, -0.2) is 13.2 Å². The molecule has 0 unspecified atom stereocenters. The average molecular weight is 225 g/mol. The van der Waals surface area contributed by atoms with Crippen LogP contribution in [0, 0.1) is 5.92 Å². The van der Waals surface area contributed by atoms with Crippen LogP contribution in [0.2, 0.25) is 0 Å². The van der Waals surface area contributed by atoms with Gasteiger partial charge in [-0.2, -0.15) is 0 Å². The number of hydrogen-bond acceptors (Lipinski definition) is 2. The molecule has 0 bridgehead atoms. The van der Waals surface area contributed by atoms with Gasteiger partial charge in [-0.15, -0.1) is 0 Å². The molecular weight excluding hydrogens is 208 g/mol. The van der Waals surface area contributed by atoms with Gasteiger partial charge in [0.25, 0.3) is 0 Å². The molecular formula is C9H17ClO2S. The highest BCUT2D eigenvalue weighted by Gasteiger charge is 2.40. The van der Waals surface area contributed by atoms with Gasteiger partial charge in [-0.3, -0.25) is 0 Å². The van der Waals surface area contributed by atoms with Gasteiger partial charge in [-0.25, -0.2) is 8.42 Å². The SMILES string of the molecule is CC(C)(C1CCCCC1)S(=O)(=O)Cl. The molecule has 0 aromatic rings. The summed E-state index contributed by atoms with van der Waals surface area (Å²) in [7, 11) is 2.00. The lowest BCUT2D eigenvalue weighted by Crippen LogP contribution is -2.38. The Morgan fingerprint density at radius 3 is 2.00 bits per heavy atom. The van der Waals surface area contributed by atoms with Crippen molar-refractivity contribution in [1.82, 2.24) is 0 Å². The molecule has 78 valence electrons. The minimum atomic E-state index is -3.43. The summed E-state index contributed by atoms with van der Waals surface area (Å²) in [6.45, 7) is 3.48. The highest BCUT2D eigenvalue weighted by molar-refractivity contribution is 8.14. The van der Waals surface area contributed by atoms with Crippen molar-refractivity contribution in [3.05, 3.63) is 0 Å². The van der Waals surface area contributed by atoms with Crippen molar-refractivity contribution in [2.24, 2.45) is 5.92 Å². The molecule has 1 rings (SSSR count). The number of halogens is 1. The zero-order chi connectivity index (χ0) is 10.1. The van der Waals surface area contributed by atoms with Gasteiger partial charge in [0, 0.05) is 10.7 Å². The Labute approximate surface area is 85.1 Å². The molecule has 0 N–H and O–H groups in total. The zero-order valence-electron chi connectivity index (χ0n) is 8.22. The fourth-order valence-electron chi connectivity index (χ4n) is 2.00. The first kappa shape index (κ1) is 11.3. The Bertz CT molecular complexity index is 263. The maximum absolute atomic E-state index is 11.3.